The Morgan fingerprint density at radius 3 is 2.54 bits per heavy atom. The maximum atomic E-state index is 12.7. The van der Waals surface area contributed by atoms with Gasteiger partial charge in [0.05, 0.1) is 31.5 Å². The Hall–Kier alpha value is -2.84. The molecule has 0 saturated heterocycles. The van der Waals surface area contributed by atoms with Gasteiger partial charge in [-0.15, -0.1) is 4.68 Å². The molecule has 4 rings (SSSR count). The van der Waals surface area contributed by atoms with Gasteiger partial charge in [0, 0.05) is 12.0 Å². The molecule has 0 bridgehead atoms. The van der Waals surface area contributed by atoms with Gasteiger partial charge in [-0.3, -0.25) is 0 Å². The molecule has 2 aromatic carbocycles. The summed E-state index contributed by atoms with van der Waals surface area (Å²) in [6, 6.07) is 11.1. The Balaban J connectivity index is 1.56. The summed E-state index contributed by atoms with van der Waals surface area (Å²) in [7, 11) is 3.27. The quantitative estimate of drug-likeness (QED) is 0.680. The molecule has 1 aliphatic rings. The average Bonchev–Trinajstić information content (AvgIpc) is 3.07. The van der Waals surface area contributed by atoms with Gasteiger partial charge in [0.15, 0.2) is 18.2 Å². The highest BCUT2D eigenvalue weighted by atomic mass is 35.5. The Morgan fingerprint density at radius 1 is 1.11 bits per heavy atom. The first-order valence-corrected chi connectivity index (χ1v) is 9.33. The van der Waals surface area contributed by atoms with Crippen LogP contribution >= 0.6 is 11.6 Å². The van der Waals surface area contributed by atoms with E-state index >= 15 is 0 Å². The topological polar surface area (TPSA) is 75.6 Å². The van der Waals surface area contributed by atoms with Crippen LogP contribution in [-0.4, -0.2) is 40.6 Å². The van der Waals surface area contributed by atoms with Crippen LogP contribution < -0.4 is 20.1 Å². The lowest BCUT2D eigenvalue weighted by Crippen LogP contribution is -3.11. The molecular weight excluding hydrogens is 382 g/mol. The van der Waals surface area contributed by atoms with Crippen LogP contribution in [0.15, 0.2) is 41.2 Å². The second kappa shape index (κ2) is 7.65. The molecule has 3 aromatic rings. The molecule has 2 heterocycles. The van der Waals surface area contributed by atoms with E-state index in [1.165, 1.54) is 25.4 Å². The van der Waals surface area contributed by atoms with Crippen molar-refractivity contribution in [3.05, 3.63) is 63.0 Å². The number of fused-ring (bicyclic) bond motifs is 1. The number of tetrazole rings is 1. The van der Waals surface area contributed by atoms with E-state index in [2.05, 4.69) is 10.4 Å². The number of hydrogen-bond donors (Lipinski definition) is 1. The fraction of sp³-hybridized carbons (Fsp3) is 0.316. The number of methoxy groups -OCH3 is 2. The first-order valence-electron chi connectivity index (χ1n) is 8.95. The Morgan fingerprint density at radius 2 is 1.82 bits per heavy atom. The van der Waals surface area contributed by atoms with Crippen LogP contribution in [0.5, 0.6) is 11.5 Å². The van der Waals surface area contributed by atoms with Crippen molar-refractivity contribution in [2.75, 3.05) is 20.8 Å². The summed E-state index contributed by atoms with van der Waals surface area (Å²) in [5.74, 6) is 1.45. The van der Waals surface area contributed by atoms with Crippen molar-refractivity contribution in [1.82, 2.24) is 19.8 Å². The second-order valence-electron chi connectivity index (χ2n) is 6.69. The summed E-state index contributed by atoms with van der Waals surface area (Å²) < 4.78 is 13.4. The van der Waals surface area contributed by atoms with Crippen molar-refractivity contribution in [1.29, 1.82) is 0 Å². The number of nitrogens with zero attached hydrogens (tertiary/aromatic N) is 4. The monoisotopic (exact) mass is 402 g/mol. The van der Waals surface area contributed by atoms with Crippen LogP contribution in [0.4, 0.5) is 0 Å². The summed E-state index contributed by atoms with van der Waals surface area (Å²) in [6.07, 6.45) is 0.887. The van der Waals surface area contributed by atoms with Gasteiger partial charge >= 0.3 is 5.69 Å². The molecule has 1 atom stereocenters. The first-order chi connectivity index (χ1) is 13.6. The number of halogens is 1. The fourth-order valence-electron chi connectivity index (χ4n) is 3.52. The second-order valence-corrected chi connectivity index (χ2v) is 7.09. The minimum Gasteiger partial charge on any atom is -0.493 e. The zero-order chi connectivity index (χ0) is 19.7. The fourth-order valence-corrected chi connectivity index (χ4v) is 3.74. The van der Waals surface area contributed by atoms with E-state index in [9.17, 15) is 4.79 Å². The number of ether oxygens (including phenoxy) is 2. The number of aromatic nitrogens is 4. The van der Waals surface area contributed by atoms with E-state index < -0.39 is 0 Å². The molecule has 0 spiro atoms. The molecule has 8 nitrogen and oxygen atoms in total. The smallest absolute Gasteiger partial charge is 0.373 e. The average molecular weight is 403 g/mol. The molecule has 9 heteroatoms. The van der Waals surface area contributed by atoms with Gasteiger partial charge in [-0.2, -0.15) is 4.68 Å². The molecule has 0 saturated carbocycles. The van der Waals surface area contributed by atoms with Crippen LogP contribution in [0.1, 0.15) is 11.1 Å². The molecular formula is C19H21ClN5O3+. The summed E-state index contributed by atoms with van der Waals surface area (Å²) in [6.45, 7) is 2.08. The van der Waals surface area contributed by atoms with Crippen molar-refractivity contribution in [3.8, 4) is 17.2 Å². The number of nitrogens with one attached hydrogen (secondary N) is 1. The third-order valence-electron chi connectivity index (χ3n) is 4.99. The summed E-state index contributed by atoms with van der Waals surface area (Å²) in [5.41, 5.74) is 2.65. The lowest BCUT2D eigenvalue weighted by Gasteiger charge is -2.26. The Labute approximate surface area is 166 Å². The van der Waals surface area contributed by atoms with Crippen molar-refractivity contribution < 1.29 is 14.4 Å². The number of rotatable bonds is 5. The highest BCUT2D eigenvalue weighted by Crippen LogP contribution is 2.31. The third-order valence-corrected chi connectivity index (χ3v) is 5.31. The predicted octanol–water partition coefficient (Wildman–Crippen LogP) is 0.698. The summed E-state index contributed by atoms with van der Waals surface area (Å²) >= 11 is 6.18. The minimum absolute atomic E-state index is 0.307. The van der Waals surface area contributed by atoms with Gasteiger partial charge in [0.1, 0.15) is 6.54 Å². The molecule has 0 amide bonds. The largest absolute Gasteiger partial charge is 0.493 e. The van der Waals surface area contributed by atoms with Gasteiger partial charge in [-0.25, -0.2) is 4.79 Å². The summed E-state index contributed by atoms with van der Waals surface area (Å²) in [5, 5.41) is 8.48. The predicted molar refractivity (Wildman–Crippen MR) is 103 cm³/mol. The summed E-state index contributed by atoms with van der Waals surface area (Å²) in [4.78, 5) is 13.9. The molecule has 1 aliphatic heterocycles. The molecule has 28 heavy (non-hydrogen) atoms. The maximum absolute atomic E-state index is 12.7. The van der Waals surface area contributed by atoms with E-state index in [4.69, 9.17) is 21.1 Å². The number of hydrogen-bond acceptors (Lipinski definition) is 5. The van der Waals surface area contributed by atoms with Crippen LogP contribution in [0.3, 0.4) is 0 Å². The standard InChI is InChI=1S/C19H20ClN5O3/c1-27-17-9-13-7-8-23(11-14(13)10-18(17)28-2)12-24-19(26)25(22-21-24)16-6-4-3-5-15(16)20/h3-6,9-10H,7-8,11-12H2,1-2H3/p+1. The Kier molecular flexibility index (Phi) is 5.06. The maximum Gasteiger partial charge on any atom is 0.373 e. The molecule has 0 fully saturated rings. The Bertz CT molecular complexity index is 1060. The lowest BCUT2D eigenvalue weighted by atomic mass is 9.99. The van der Waals surface area contributed by atoms with Gasteiger partial charge in [-0.1, -0.05) is 23.7 Å². The van der Waals surface area contributed by atoms with E-state index in [1.807, 2.05) is 12.1 Å². The molecule has 1 N–H and O–H groups in total. The first kappa shape index (κ1) is 18.5. The van der Waals surface area contributed by atoms with Crippen LogP contribution in [0.2, 0.25) is 5.02 Å². The lowest BCUT2D eigenvalue weighted by molar-refractivity contribution is -0.939. The molecule has 1 aromatic heterocycles. The van der Waals surface area contributed by atoms with E-state index in [0.717, 1.165) is 25.3 Å². The van der Waals surface area contributed by atoms with Crippen LogP contribution in [0, 0.1) is 0 Å². The van der Waals surface area contributed by atoms with Crippen molar-refractivity contribution in [2.24, 2.45) is 0 Å². The number of benzene rings is 2. The normalized spacial score (nSPS) is 15.9. The van der Waals surface area contributed by atoms with Gasteiger partial charge in [-0.05, 0) is 40.3 Å². The third kappa shape index (κ3) is 3.36. The van der Waals surface area contributed by atoms with Gasteiger partial charge < -0.3 is 14.4 Å². The van der Waals surface area contributed by atoms with Crippen LogP contribution in [0.25, 0.3) is 5.69 Å². The SMILES string of the molecule is COc1cc2c(cc1OC)C[NH+](Cn1nnn(-c3ccccc3Cl)c1=O)CC2. The molecule has 0 radical (unpaired) electrons. The molecule has 0 aliphatic carbocycles. The van der Waals surface area contributed by atoms with E-state index in [-0.39, 0.29) is 5.69 Å². The highest BCUT2D eigenvalue weighted by Gasteiger charge is 2.24. The van der Waals surface area contributed by atoms with Crippen molar-refractivity contribution >= 4 is 11.6 Å². The number of quaternary nitrogens is 1. The molecule has 146 valence electrons. The zero-order valence-electron chi connectivity index (χ0n) is 15.7. The molecule has 1 unspecified atom stereocenters. The zero-order valence-corrected chi connectivity index (χ0v) is 16.4. The van der Waals surface area contributed by atoms with Crippen molar-refractivity contribution in [2.45, 2.75) is 19.6 Å². The van der Waals surface area contributed by atoms with Gasteiger partial charge in [0.2, 0.25) is 0 Å². The van der Waals surface area contributed by atoms with E-state index in [1.54, 1.807) is 38.5 Å². The minimum atomic E-state index is -0.307. The van der Waals surface area contributed by atoms with Crippen LogP contribution in [-0.2, 0) is 19.6 Å². The number of para-hydroxylation sites is 1. The van der Waals surface area contributed by atoms with Crippen molar-refractivity contribution in [3.63, 3.8) is 0 Å². The van der Waals surface area contributed by atoms with E-state index in [0.29, 0.717) is 23.1 Å². The highest BCUT2D eigenvalue weighted by molar-refractivity contribution is 6.32. The van der Waals surface area contributed by atoms with Gasteiger partial charge in [0.25, 0.3) is 0 Å².